The van der Waals surface area contributed by atoms with Gasteiger partial charge in [-0.3, -0.25) is 0 Å². The molecule has 4 heteroatoms. The highest BCUT2D eigenvalue weighted by Gasteiger charge is 2.20. The van der Waals surface area contributed by atoms with Gasteiger partial charge in [0.15, 0.2) is 0 Å². The van der Waals surface area contributed by atoms with E-state index in [4.69, 9.17) is 11.6 Å². The molecule has 0 saturated heterocycles. The first-order chi connectivity index (χ1) is 6.77. The third-order valence-electron chi connectivity index (χ3n) is 2.85. The van der Waals surface area contributed by atoms with Gasteiger partial charge in [-0.2, -0.15) is 0 Å². The molecule has 0 unspecified atom stereocenters. The van der Waals surface area contributed by atoms with Gasteiger partial charge in [0.1, 0.15) is 5.82 Å². The summed E-state index contributed by atoms with van der Waals surface area (Å²) >= 11 is 5.75. The van der Waals surface area contributed by atoms with Gasteiger partial charge in [-0.1, -0.05) is 12.8 Å². The molecule has 0 aromatic carbocycles. The zero-order valence-electron chi connectivity index (χ0n) is 8.28. The second-order valence-corrected chi connectivity index (χ2v) is 4.07. The molecule has 1 fully saturated rings. The average Bonchev–Trinajstić information content (AvgIpc) is 2.69. The van der Waals surface area contributed by atoms with E-state index < -0.39 is 0 Å². The highest BCUT2D eigenvalue weighted by Crippen LogP contribution is 2.25. The Morgan fingerprint density at radius 3 is 2.79 bits per heavy atom. The Balaban J connectivity index is 2.13. The second kappa shape index (κ2) is 4.13. The summed E-state index contributed by atoms with van der Waals surface area (Å²) in [4.78, 5) is 10.3. The molecule has 0 radical (unpaired) electrons. The topological polar surface area (TPSA) is 29.0 Å². The molecule has 0 spiro atoms. The molecule has 76 valence electrons. The van der Waals surface area contributed by atoms with Crippen molar-refractivity contribution in [3.63, 3.8) is 0 Å². The minimum Gasteiger partial charge on any atom is -0.357 e. The van der Waals surface area contributed by atoms with E-state index in [1.54, 1.807) is 6.20 Å². The fraction of sp³-hybridized carbons (Fsp3) is 0.600. The van der Waals surface area contributed by atoms with E-state index in [1.807, 2.05) is 6.07 Å². The lowest BCUT2D eigenvalue weighted by molar-refractivity contribution is 0.646. The molecule has 0 aliphatic heterocycles. The van der Waals surface area contributed by atoms with Crippen molar-refractivity contribution in [2.45, 2.75) is 31.7 Å². The van der Waals surface area contributed by atoms with Crippen LogP contribution in [0.15, 0.2) is 12.3 Å². The van der Waals surface area contributed by atoms with Gasteiger partial charge in [-0.05, 0) is 30.5 Å². The SMILES string of the molecule is CN(c1ccnc(Cl)n1)C1CCCC1. The normalized spacial score (nSPS) is 17.3. The fourth-order valence-electron chi connectivity index (χ4n) is 2.00. The Morgan fingerprint density at radius 1 is 1.43 bits per heavy atom. The molecule has 1 aliphatic rings. The predicted octanol–water partition coefficient (Wildman–Crippen LogP) is 2.51. The van der Waals surface area contributed by atoms with Gasteiger partial charge >= 0.3 is 0 Å². The van der Waals surface area contributed by atoms with Crippen LogP contribution in [-0.4, -0.2) is 23.1 Å². The minimum atomic E-state index is 0.326. The van der Waals surface area contributed by atoms with Crippen LogP contribution < -0.4 is 4.90 Å². The van der Waals surface area contributed by atoms with E-state index in [-0.39, 0.29) is 0 Å². The van der Waals surface area contributed by atoms with Crippen LogP contribution >= 0.6 is 11.6 Å². The standard InChI is InChI=1S/C10H14ClN3/c1-14(8-4-2-3-5-8)9-6-7-12-10(11)13-9/h6-8H,2-5H2,1H3. The third-order valence-corrected chi connectivity index (χ3v) is 3.03. The van der Waals surface area contributed by atoms with Crippen molar-refractivity contribution in [2.75, 3.05) is 11.9 Å². The number of rotatable bonds is 2. The van der Waals surface area contributed by atoms with E-state index in [2.05, 4.69) is 21.9 Å². The van der Waals surface area contributed by atoms with Gasteiger partial charge in [0.2, 0.25) is 5.28 Å². The van der Waals surface area contributed by atoms with Crippen LogP contribution in [-0.2, 0) is 0 Å². The van der Waals surface area contributed by atoms with Gasteiger partial charge in [0.05, 0.1) is 0 Å². The van der Waals surface area contributed by atoms with Crippen molar-refractivity contribution in [3.8, 4) is 0 Å². The Kier molecular flexibility index (Phi) is 2.87. The monoisotopic (exact) mass is 211 g/mol. The van der Waals surface area contributed by atoms with E-state index in [1.165, 1.54) is 25.7 Å². The maximum atomic E-state index is 5.75. The summed E-state index contributed by atoms with van der Waals surface area (Å²) < 4.78 is 0. The van der Waals surface area contributed by atoms with Gasteiger partial charge in [0, 0.05) is 19.3 Å². The Hall–Kier alpha value is -0.830. The molecule has 1 aromatic heterocycles. The lowest BCUT2D eigenvalue weighted by atomic mass is 10.2. The van der Waals surface area contributed by atoms with Gasteiger partial charge < -0.3 is 4.90 Å². The number of nitrogens with zero attached hydrogens (tertiary/aromatic N) is 3. The molecule has 14 heavy (non-hydrogen) atoms. The quantitative estimate of drug-likeness (QED) is 0.704. The van der Waals surface area contributed by atoms with E-state index >= 15 is 0 Å². The Bertz CT molecular complexity index is 310. The first kappa shape index (κ1) is 9.71. The summed E-state index contributed by atoms with van der Waals surface area (Å²) in [5.41, 5.74) is 0. The predicted molar refractivity (Wildman–Crippen MR) is 57.7 cm³/mol. The summed E-state index contributed by atoms with van der Waals surface area (Å²) in [6, 6.07) is 2.53. The van der Waals surface area contributed by atoms with Crippen LogP contribution in [0.4, 0.5) is 5.82 Å². The zero-order chi connectivity index (χ0) is 9.97. The van der Waals surface area contributed by atoms with Crippen molar-refractivity contribution < 1.29 is 0 Å². The van der Waals surface area contributed by atoms with Gasteiger partial charge in [-0.15, -0.1) is 0 Å². The third kappa shape index (κ3) is 1.98. The van der Waals surface area contributed by atoms with E-state index in [0.29, 0.717) is 11.3 Å². The molecular weight excluding hydrogens is 198 g/mol. The lowest BCUT2D eigenvalue weighted by Crippen LogP contribution is -2.29. The first-order valence-electron chi connectivity index (χ1n) is 4.99. The molecule has 0 N–H and O–H groups in total. The van der Waals surface area contributed by atoms with Crippen molar-refractivity contribution in [1.29, 1.82) is 0 Å². The fourth-order valence-corrected chi connectivity index (χ4v) is 2.14. The summed E-state index contributed by atoms with van der Waals surface area (Å²) in [5, 5.41) is 0.326. The van der Waals surface area contributed by atoms with Crippen molar-refractivity contribution in [3.05, 3.63) is 17.5 Å². The van der Waals surface area contributed by atoms with Crippen LogP contribution in [0.25, 0.3) is 0 Å². The Morgan fingerprint density at radius 2 is 2.14 bits per heavy atom. The summed E-state index contributed by atoms with van der Waals surface area (Å²) in [5.74, 6) is 0.928. The summed E-state index contributed by atoms with van der Waals surface area (Å²) in [6.45, 7) is 0. The highest BCUT2D eigenvalue weighted by molar-refractivity contribution is 6.28. The van der Waals surface area contributed by atoms with Crippen LogP contribution in [0.5, 0.6) is 0 Å². The first-order valence-corrected chi connectivity index (χ1v) is 5.36. The highest BCUT2D eigenvalue weighted by atomic mass is 35.5. The zero-order valence-corrected chi connectivity index (χ0v) is 9.04. The number of hydrogen-bond acceptors (Lipinski definition) is 3. The van der Waals surface area contributed by atoms with E-state index in [0.717, 1.165) is 5.82 Å². The van der Waals surface area contributed by atoms with E-state index in [9.17, 15) is 0 Å². The summed E-state index contributed by atoms with van der Waals surface area (Å²) in [6.07, 6.45) is 6.88. The smallest absolute Gasteiger partial charge is 0.224 e. The maximum absolute atomic E-state index is 5.75. The molecule has 0 bridgehead atoms. The lowest BCUT2D eigenvalue weighted by Gasteiger charge is -2.25. The molecule has 0 atom stereocenters. The maximum Gasteiger partial charge on any atom is 0.224 e. The van der Waals surface area contributed by atoms with Gasteiger partial charge in [-0.25, -0.2) is 9.97 Å². The van der Waals surface area contributed by atoms with Crippen LogP contribution in [0.1, 0.15) is 25.7 Å². The molecule has 1 heterocycles. The van der Waals surface area contributed by atoms with Crippen LogP contribution in [0, 0.1) is 0 Å². The average molecular weight is 212 g/mol. The van der Waals surface area contributed by atoms with Crippen molar-refractivity contribution in [1.82, 2.24) is 9.97 Å². The molecule has 2 rings (SSSR count). The summed E-state index contributed by atoms with van der Waals surface area (Å²) in [7, 11) is 2.08. The Labute approximate surface area is 89.1 Å². The largest absolute Gasteiger partial charge is 0.357 e. The van der Waals surface area contributed by atoms with Crippen LogP contribution in [0.2, 0.25) is 5.28 Å². The minimum absolute atomic E-state index is 0.326. The second-order valence-electron chi connectivity index (χ2n) is 3.73. The van der Waals surface area contributed by atoms with Crippen molar-refractivity contribution >= 4 is 17.4 Å². The molecule has 1 aliphatic carbocycles. The molecule has 0 amide bonds. The van der Waals surface area contributed by atoms with Gasteiger partial charge in [0.25, 0.3) is 0 Å². The molecule has 1 saturated carbocycles. The molecule has 1 aromatic rings. The molecular formula is C10H14ClN3. The molecule has 3 nitrogen and oxygen atoms in total. The number of halogens is 1. The van der Waals surface area contributed by atoms with Crippen molar-refractivity contribution in [2.24, 2.45) is 0 Å². The number of aromatic nitrogens is 2. The number of anilines is 1. The number of hydrogen-bond donors (Lipinski definition) is 0. The van der Waals surface area contributed by atoms with Crippen LogP contribution in [0.3, 0.4) is 0 Å².